The van der Waals surface area contributed by atoms with Crippen LogP contribution in [0.1, 0.15) is 39.2 Å². The summed E-state index contributed by atoms with van der Waals surface area (Å²) in [5, 5.41) is 11.4. The second-order valence-electron chi connectivity index (χ2n) is 5.66. The summed E-state index contributed by atoms with van der Waals surface area (Å²) in [6, 6.07) is 3.28. The van der Waals surface area contributed by atoms with Gasteiger partial charge in [0.2, 0.25) is 0 Å². The number of ether oxygens (including phenoxy) is 1. The fourth-order valence-corrected chi connectivity index (χ4v) is 1.53. The van der Waals surface area contributed by atoms with Crippen molar-refractivity contribution in [3.63, 3.8) is 0 Å². The summed E-state index contributed by atoms with van der Waals surface area (Å²) in [5.74, 6) is -1.06. The predicted molar refractivity (Wildman–Crippen MR) is 79.3 cm³/mol. The van der Waals surface area contributed by atoms with Gasteiger partial charge in [-0.05, 0) is 32.4 Å². The summed E-state index contributed by atoms with van der Waals surface area (Å²) in [4.78, 5) is 26.5. The molecule has 1 rings (SSSR count). The predicted octanol–water partition coefficient (Wildman–Crippen LogP) is 3.17. The van der Waals surface area contributed by atoms with Gasteiger partial charge < -0.3 is 9.84 Å². The van der Waals surface area contributed by atoms with Gasteiger partial charge in [0.15, 0.2) is 0 Å². The van der Waals surface area contributed by atoms with Crippen LogP contribution >= 0.6 is 0 Å². The van der Waals surface area contributed by atoms with Crippen LogP contribution in [0.15, 0.2) is 30.5 Å². The molecule has 6 heteroatoms. The number of nitrogens with one attached hydrogen (secondary N) is 1. The Morgan fingerprint density at radius 2 is 2.00 bits per heavy atom. The number of anilines is 1. The number of carbonyl (C=O) groups excluding carboxylic acids is 1. The zero-order chi connectivity index (χ0) is 16.2. The quantitative estimate of drug-likeness (QED) is 0.832. The van der Waals surface area contributed by atoms with Crippen LogP contribution in [0.5, 0.6) is 0 Å². The lowest BCUT2D eigenvalue weighted by atomic mass is 9.95. The maximum atomic E-state index is 11.6. The first-order valence-corrected chi connectivity index (χ1v) is 6.48. The Balaban J connectivity index is 2.73. The second kappa shape index (κ2) is 6.39. The minimum absolute atomic E-state index is 0.0876. The highest BCUT2D eigenvalue weighted by Gasteiger charge is 2.18. The smallest absolute Gasteiger partial charge is 0.413 e. The van der Waals surface area contributed by atoms with Crippen LogP contribution in [0, 0.1) is 0 Å². The Hall–Kier alpha value is -2.37. The zero-order valence-electron chi connectivity index (χ0n) is 12.6. The highest BCUT2D eigenvalue weighted by molar-refractivity contribution is 5.87. The molecule has 1 heterocycles. The van der Waals surface area contributed by atoms with Gasteiger partial charge in [-0.15, -0.1) is 0 Å². The van der Waals surface area contributed by atoms with Crippen molar-refractivity contribution in [2.24, 2.45) is 0 Å². The van der Waals surface area contributed by atoms with Crippen LogP contribution in [-0.4, -0.2) is 27.8 Å². The van der Waals surface area contributed by atoms with E-state index in [1.165, 1.54) is 6.20 Å². The van der Waals surface area contributed by atoms with E-state index >= 15 is 0 Å². The minimum atomic E-state index is -1.04. The number of nitrogens with zero attached hydrogens (tertiary/aromatic N) is 1. The molecule has 0 saturated heterocycles. The SMILES string of the molecule is C=C(C(=O)O)C(C)c1ccc(NC(=O)OC(C)(C)C)nc1. The number of carboxylic acid groups (broad SMARTS) is 1. The van der Waals surface area contributed by atoms with Crippen LogP contribution in [0.4, 0.5) is 10.6 Å². The average Bonchev–Trinajstić information content (AvgIpc) is 2.35. The molecule has 2 N–H and O–H groups in total. The Bertz CT molecular complexity index is 544. The standard InChI is InChI=1S/C15H20N2O4/c1-9(10(2)13(18)19)11-6-7-12(16-8-11)17-14(20)21-15(3,4)5/h6-9H,2H2,1,3-5H3,(H,18,19)(H,16,17,20). The molecule has 0 saturated carbocycles. The first-order valence-electron chi connectivity index (χ1n) is 6.48. The van der Waals surface area contributed by atoms with E-state index in [0.717, 1.165) is 0 Å². The van der Waals surface area contributed by atoms with E-state index < -0.39 is 17.7 Å². The van der Waals surface area contributed by atoms with Crippen molar-refractivity contribution in [1.82, 2.24) is 4.98 Å². The maximum Gasteiger partial charge on any atom is 0.413 e. The number of aliphatic carboxylic acids is 1. The van der Waals surface area contributed by atoms with E-state index in [1.807, 2.05) is 0 Å². The van der Waals surface area contributed by atoms with Crippen molar-refractivity contribution in [2.45, 2.75) is 39.2 Å². The van der Waals surface area contributed by atoms with Crippen molar-refractivity contribution < 1.29 is 19.4 Å². The summed E-state index contributed by atoms with van der Waals surface area (Å²) in [6.07, 6.45) is 0.914. The van der Waals surface area contributed by atoms with Crippen molar-refractivity contribution >= 4 is 17.9 Å². The summed E-state index contributed by atoms with van der Waals surface area (Å²) in [7, 11) is 0. The largest absolute Gasteiger partial charge is 0.478 e. The van der Waals surface area contributed by atoms with Crippen LogP contribution in [-0.2, 0) is 9.53 Å². The molecule has 114 valence electrons. The molecule has 0 spiro atoms. The van der Waals surface area contributed by atoms with Crippen molar-refractivity contribution in [2.75, 3.05) is 5.32 Å². The van der Waals surface area contributed by atoms with Gasteiger partial charge in [-0.1, -0.05) is 19.6 Å². The van der Waals surface area contributed by atoms with E-state index in [1.54, 1.807) is 39.8 Å². The molecule has 6 nitrogen and oxygen atoms in total. The highest BCUT2D eigenvalue weighted by atomic mass is 16.6. The second-order valence-corrected chi connectivity index (χ2v) is 5.66. The van der Waals surface area contributed by atoms with Gasteiger partial charge in [0.1, 0.15) is 11.4 Å². The number of hydrogen-bond acceptors (Lipinski definition) is 4. The average molecular weight is 292 g/mol. The van der Waals surface area contributed by atoms with Crippen LogP contribution in [0.25, 0.3) is 0 Å². The monoisotopic (exact) mass is 292 g/mol. The first-order chi connectivity index (χ1) is 9.60. The van der Waals surface area contributed by atoms with Gasteiger partial charge in [-0.25, -0.2) is 14.6 Å². The Kier molecular flexibility index (Phi) is 5.07. The van der Waals surface area contributed by atoms with E-state index in [2.05, 4.69) is 16.9 Å². The number of hydrogen-bond donors (Lipinski definition) is 2. The molecule has 0 bridgehead atoms. The number of carboxylic acids is 1. The fraction of sp³-hybridized carbons (Fsp3) is 0.400. The molecule has 1 aromatic rings. The Labute approximate surface area is 123 Å². The summed E-state index contributed by atoms with van der Waals surface area (Å²) < 4.78 is 5.11. The fourth-order valence-electron chi connectivity index (χ4n) is 1.53. The molecule has 0 radical (unpaired) electrons. The van der Waals surface area contributed by atoms with Gasteiger partial charge in [0.25, 0.3) is 0 Å². The molecular weight excluding hydrogens is 272 g/mol. The van der Waals surface area contributed by atoms with Crippen molar-refractivity contribution in [3.8, 4) is 0 Å². The minimum Gasteiger partial charge on any atom is -0.478 e. The van der Waals surface area contributed by atoms with Crippen LogP contribution in [0.3, 0.4) is 0 Å². The molecule has 21 heavy (non-hydrogen) atoms. The molecule has 0 aliphatic carbocycles. The van der Waals surface area contributed by atoms with E-state index in [9.17, 15) is 9.59 Å². The molecule has 1 amide bonds. The third kappa shape index (κ3) is 5.25. The third-order valence-corrected chi connectivity index (χ3v) is 2.71. The third-order valence-electron chi connectivity index (χ3n) is 2.71. The molecule has 0 aliphatic rings. The van der Waals surface area contributed by atoms with Gasteiger partial charge in [0, 0.05) is 17.7 Å². The normalized spacial score (nSPS) is 12.4. The molecule has 0 aromatic carbocycles. The lowest BCUT2D eigenvalue weighted by Gasteiger charge is -2.19. The molecule has 0 fully saturated rings. The van der Waals surface area contributed by atoms with Crippen LogP contribution < -0.4 is 5.32 Å². The van der Waals surface area contributed by atoms with E-state index in [4.69, 9.17) is 9.84 Å². The van der Waals surface area contributed by atoms with Gasteiger partial charge in [0.05, 0.1) is 0 Å². The van der Waals surface area contributed by atoms with E-state index in [0.29, 0.717) is 11.4 Å². The summed E-state index contributed by atoms with van der Waals surface area (Å²) in [6.45, 7) is 10.6. The molecule has 0 aliphatic heterocycles. The molecule has 1 unspecified atom stereocenters. The summed E-state index contributed by atoms with van der Waals surface area (Å²) in [5.41, 5.74) is 0.208. The lowest BCUT2D eigenvalue weighted by Crippen LogP contribution is -2.27. The maximum absolute atomic E-state index is 11.6. The van der Waals surface area contributed by atoms with Crippen molar-refractivity contribution in [1.29, 1.82) is 0 Å². The Morgan fingerprint density at radius 1 is 1.38 bits per heavy atom. The molecular formula is C15H20N2O4. The number of rotatable bonds is 4. The summed E-state index contributed by atoms with van der Waals surface area (Å²) >= 11 is 0. The lowest BCUT2D eigenvalue weighted by molar-refractivity contribution is -0.132. The van der Waals surface area contributed by atoms with Crippen LogP contribution in [0.2, 0.25) is 0 Å². The molecule has 1 atom stereocenters. The van der Waals surface area contributed by atoms with Crippen molar-refractivity contribution in [3.05, 3.63) is 36.0 Å². The topological polar surface area (TPSA) is 88.5 Å². The number of aromatic nitrogens is 1. The van der Waals surface area contributed by atoms with Gasteiger partial charge in [-0.3, -0.25) is 5.32 Å². The number of pyridine rings is 1. The van der Waals surface area contributed by atoms with Gasteiger partial charge >= 0.3 is 12.1 Å². The molecule has 1 aromatic heterocycles. The van der Waals surface area contributed by atoms with E-state index in [-0.39, 0.29) is 11.5 Å². The number of carbonyl (C=O) groups is 2. The van der Waals surface area contributed by atoms with Gasteiger partial charge in [-0.2, -0.15) is 0 Å². The Morgan fingerprint density at radius 3 is 2.43 bits per heavy atom. The number of amides is 1. The highest BCUT2D eigenvalue weighted by Crippen LogP contribution is 2.23. The first kappa shape index (κ1) is 16.7. The zero-order valence-corrected chi connectivity index (χ0v) is 12.6.